The van der Waals surface area contributed by atoms with Crippen molar-refractivity contribution in [3.8, 4) is 0 Å². The molecule has 4 nitrogen and oxygen atoms in total. The number of anilines is 2. The number of hydrogen-bond acceptors (Lipinski definition) is 2. The molecule has 2 amide bonds. The third-order valence-corrected chi connectivity index (χ3v) is 3.93. The van der Waals surface area contributed by atoms with Gasteiger partial charge < -0.3 is 10.2 Å². The summed E-state index contributed by atoms with van der Waals surface area (Å²) in [4.78, 5) is 25.5. The highest BCUT2D eigenvalue weighted by Gasteiger charge is 2.18. The number of hydrogen-bond donors (Lipinski definition) is 1. The molecule has 2 rings (SSSR count). The lowest BCUT2D eigenvalue weighted by atomic mass is 9.87. The van der Waals surface area contributed by atoms with Crippen LogP contribution in [0.1, 0.15) is 33.3 Å². The van der Waals surface area contributed by atoms with Crippen LogP contribution in [-0.2, 0) is 15.0 Å². The molecule has 1 N–H and O–H groups in total. The molecule has 0 atom stereocenters. The second kappa shape index (κ2) is 7.64. The van der Waals surface area contributed by atoms with Gasteiger partial charge in [-0.1, -0.05) is 32.9 Å². The van der Waals surface area contributed by atoms with Crippen LogP contribution >= 0.6 is 0 Å². The van der Waals surface area contributed by atoms with Crippen LogP contribution in [-0.4, -0.2) is 18.4 Å². The van der Waals surface area contributed by atoms with E-state index in [9.17, 15) is 18.4 Å². The Morgan fingerprint density at radius 3 is 2.12 bits per heavy atom. The molecular weight excluding hydrogens is 338 g/mol. The van der Waals surface area contributed by atoms with E-state index in [0.717, 1.165) is 17.7 Å². The molecule has 0 bridgehead atoms. The van der Waals surface area contributed by atoms with Gasteiger partial charge in [0.05, 0.1) is 0 Å². The largest absolute Gasteiger partial charge is 0.324 e. The Morgan fingerprint density at radius 2 is 1.62 bits per heavy atom. The normalized spacial score (nSPS) is 11.2. The fraction of sp³-hybridized carbons (Fsp3) is 0.300. The molecule has 2 aromatic rings. The zero-order chi connectivity index (χ0) is 19.5. The predicted molar refractivity (Wildman–Crippen MR) is 98.2 cm³/mol. The molecule has 26 heavy (non-hydrogen) atoms. The fourth-order valence-electron chi connectivity index (χ4n) is 2.44. The van der Waals surface area contributed by atoms with Crippen molar-refractivity contribution in [3.05, 3.63) is 59.7 Å². The first kappa shape index (κ1) is 19.6. The predicted octanol–water partition coefficient (Wildman–Crippen LogP) is 4.25. The maximum absolute atomic E-state index is 13.2. The zero-order valence-electron chi connectivity index (χ0n) is 15.3. The Hall–Kier alpha value is -2.76. The highest BCUT2D eigenvalue weighted by molar-refractivity contribution is 6.01. The topological polar surface area (TPSA) is 49.4 Å². The molecule has 0 unspecified atom stereocenters. The van der Waals surface area contributed by atoms with Crippen molar-refractivity contribution in [1.29, 1.82) is 0 Å². The molecule has 138 valence electrons. The van der Waals surface area contributed by atoms with Gasteiger partial charge in [-0.3, -0.25) is 9.59 Å². The average Bonchev–Trinajstić information content (AvgIpc) is 2.55. The molecule has 0 fully saturated rings. The molecule has 0 saturated heterocycles. The van der Waals surface area contributed by atoms with E-state index in [1.807, 2.05) is 12.1 Å². The minimum atomic E-state index is -1.05. The van der Waals surface area contributed by atoms with Crippen LogP contribution in [0.4, 0.5) is 20.2 Å². The van der Waals surface area contributed by atoms with Gasteiger partial charge in [0.15, 0.2) is 11.6 Å². The second-order valence-corrected chi connectivity index (χ2v) is 7.08. The third kappa shape index (κ3) is 4.88. The van der Waals surface area contributed by atoms with Gasteiger partial charge in [0.2, 0.25) is 11.8 Å². The standard InChI is InChI=1S/C20H22F2N2O2/c1-13(25)24(16-8-5-14(6-9-16)20(2,3)4)12-19(26)23-15-7-10-17(21)18(22)11-15/h5-11H,12H2,1-4H3,(H,23,26). The minimum Gasteiger partial charge on any atom is -0.324 e. The number of amides is 2. The Kier molecular flexibility index (Phi) is 5.75. The van der Waals surface area contributed by atoms with Gasteiger partial charge in [-0.15, -0.1) is 0 Å². The van der Waals surface area contributed by atoms with Crippen molar-refractivity contribution in [3.63, 3.8) is 0 Å². The van der Waals surface area contributed by atoms with Gasteiger partial charge in [0.25, 0.3) is 0 Å². The molecule has 0 aromatic heterocycles. The summed E-state index contributed by atoms with van der Waals surface area (Å²) in [6, 6.07) is 10.5. The van der Waals surface area contributed by atoms with Crippen LogP contribution in [0.5, 0.6) is 0 Å². The van der Waals surface area contributed by atoms with E-state index in [0.29, 0.717) is 5.69 Å². The second-order valence-electron chi connectivity index (χ2n) is 7.08. The summed E-state index contributed by atoms with van der Waals surface area (Å²) < 4.78 is 26.2. The number of benzene rings is 2. The van der Waals surface area contributed by atoms with E-state index in [2.05, 4.69) is 26.1 Å². The van der Waals surface area contributed by atoms with Gasteiger partial charge in [0, 0.05) is 24.4 Å². The van der Waals surface area contributed by atoms with Crippen LogP contribution in [0.3, 0.4) is 0 Å². The first-order chi connectivity index (χ1) is 12.1. The maximum atomic E-state index is 13.2. The van der Waals surface area contributed by atoms with Gasteiger partial charge in [0.1, 0.15) is 6.54 Å². The third-order valence-electron chi connectivity index (χ3n) is 3.93. The van der Waals surface area contributed by atoms with Gasteiger partial charge in [-0.25, -0.2) is 8.78 Å². The molecule has 0 aliphatic rings. The molecular formula is C20H22F2N2O2. The number of carbonyl (C=O) groups excluding carboxylic acids is 2. The van der Waals surface area contributed by atoms with Crippen molar-refractivity contribution >= 4 is 23.2 Å². The lowest BCUT2D eigenvalue weighted by Gasteiger charge is -2.23. The van der Waals surface area contributed by atoms with Crippen molar-refractivity contribution in [2.24, 2.45) is 0 Å². The molecule has 6 heteroatoms. The average molecular weight is 360 g/mol. The number of nitrogens with one attached hydrogen (secondary N) is 1. The lowest BCUT2D eigenvalue weighted by molar-refractivity contribution is -0.120. The van der Waals surface area contributed by atoms with Crippen LogP contribution in [0.15, 0.2) is 42.5 Å². The summed E-state index contributed by atoms with van der Waals surface area (Å²) in [5.74, 6) is -2.85. The number of rotatable bonds is 4. The Morgan fingerprint density at radius 1 is 1.00 bits per heavy atom. The first-order valence-electron chi connectivity index (χ1n) is 8.21. The van der Waals surface area contributed by atoms with Crippen molar-refractivity contribution in [1.82, 2.24) is 0 Å². The van der Waals surface area contributed by atoms with Gasteiger partial charge in [-0.2, -0.15) is 0 Å². The van der Waals surface area contributed by atoms with Gasteiger partial charge in [-0.05, 0) is 35.2 Å². The summed E-state index contributed by atoms with van der Waals surface area (Å²) in [6.45, 7) is 7.38. The van der Waals surface area contributed by atoms with Crippen molar-refractivity contribution < 1.29 is 18.4 Å². The Balaban J connectivity index is 2.13. The first-order valence-corrected chi connectivity index (χ1v) is 8.21. The van der Waals surface area contributed by atoms with E-state index < -0.39 is 17.5 Å². The molecule has 0 spiro atoms. The Labute approximate surface area is 151 Å². The zero-order valence-corrected chi connectivity index (χ0v) is 15.3. The van der Waals surface area contributed by atoms with Crippen molar-refractivity contribution in [2.75, 3.05) is 16.8 Å². The molecule has 0 radical (unpaired) electrons. The van der Waals surface area contributed by atoms with E-state index in [-0.39, 0.29) is 23.6 Å². The van der Waals surface area contributed by atoms with Crippen LogP contribution in [0.25, 0.3) is 0 Å². The Bertz CT molecular complexity index is 812. The van der Waals surface area contributed by atoms with Crippen LogP contribution in [0.2, 0.25) is 0 Å². The minimum absolute atomic E-state index is 0.0242. The lowest BCUT2D eigenvalue weighted by Crippen LogP contribution is -2.36. The summed E-state index contributed by atoms with van der Waals surface area (Å²) in [7, 11) is 0. The van der Waals surface area contributed by atoms with Gasteiger partial charge >= 0.3 is 0 Å². The highest BCUT2D eigenvalue weighted by atomic mass is 19.2. The molecule has 0 saturated carbocycles. The summed E-state index contributed by atoms with van der Waals surface area (Å²) >= 11 is 0. The molecule has 2 aromatic carbocycles. The fourth-order valence-corrected chi connectivity index (χ4v) is 2.44. The number of nitrogens with zero attached hydrogens (tertiary/aromatic N) is 1. The molecule has 0 heterocycles. The smallest absolute Gasteiger partial charge is 0.244 e. The molecule has 0 aliphatic carbocycles. The molecule has 0 aliphatic heterocycles. The van der Waals surface area contributed by atoms with E-state index in [1.54, 1.807) is 12.1 Å². The SMILES string of the molecule is CC(=O)N(CC(=O)Nc1ccc(F)c(F)c1)c1ccc(C(C)(C)C)cc1. The summed E-state index contributed by atoms with van der Waals surface area (Å²) in [5, 5.41) is 2.46. The number of carbonyl (C=O) groups is 2. The van der Waals surface area contributed by atoms with Crippen molar-refractivity contribution in [2.45, 2.75) is 33.1 Å². The number of halogens is 2. The summed E-state index contributed by atoms with van der Waals surface area (Å²) in [5.41, 5.74) is 1.80. The van der Waals surface area contributed by atoms with E-state index >= 15 is 0 Å². The summed E-state index contributed by atoms with van der Waals surface area (Å²) in [6.07, 6.45) is 0. The van der Waals surface area contributed by atoms with Crippen LogP contribution < -0.4 is 10.2 Å². The quantitative estimate of drug-likeness (QED) is 0.886. The van der Waals surface area contributed by atoms with E-state index in [1.165, 1.54) is 17.9 Å². The highest BCUT2D eigenvalue weighted by Crippen LogP contribution is 2.25. The van der Waals surface area contributed by atoms with Crippen LogP contribution in [0, 0.1) is 11.6 Å². The van der Waals surface area contributed by atoms with E-state index in [4.69, 9.17) is 0 Å². The maximum Gasteiger partial charge on any atom is 0.244 e. The monoisotopic (exact) mass is 360 g/mol.